The Morgan fingerprint density at radius 2 is 2.26 bits per heavy atom. The van der Waals surface area contributed by atoms with Gasteiger partial charge >= 0.3 is 0 Å². The summed E-state index contributed by atoms with van der Waals surface area (Å²) in [6, 6.07) is 5.80. The van der Waals surface area contributed by atoms with Gasteiger partial charge < -0.3 is 4.90 Å². The number of nitro groups is 1. The summed E-state index contributed by atoms with van der Waals surface area (Å²) in [6.07, 6.45) is 2.36. The fraction of sp³-hybridized carbons (Fsp3) is 0.571. The summed E-state index contributed by atoms with van der Waals surface area (Å²) in [6.45, 7) is 5.45. The standard InChI is InChI=1S/C14H19ClN2O2/c1-10(2)13-4-3-7-16(13)12-5-6-14(17(18)19)11(8-12)9-15/h5-6,8,10,13H,3-4,7,9H2,1-2H3. The minimum absolute atomic E-state index is 0.110. The highest BCUT2D eigenvalue weighted by Gasteiger charge is 2.28. The van der Waals surface area contributed by atoms with Gasteiger partial charge in [-0.25, -0.2) is 0 Å². The molecule has 1 aromatic carbocycles. The van der Waals surface area contributed by atoms with E-state index in [-0.39, 0.29) is 16.5 Å². The molecular weight excluding hydrogens is 264 g/mol. The first-order valence-corrected chi connectivity index (χ1v) is 7.18. The Morgan fingerprint density at radius 3 is 2.84 bits per heavy atom. The number of nitro benzene ring substituents is 1. The van der Waals surface area contributed by atoms with Gasteiger partial charge in [-0.1, -0.05) is 13.8 Å². The van der Waals surface area contributed by atoms with Crippen LogP contribution in [0.25, 0.3) is 0 Å². The lowest BCUT2D eigenvalue weighted by atomic mass is 10.0. The molecule has 1 saturated heterocycles. The summed E-state index contributed by atoms with van der Waals surface area (Å²) in [5, 5.41) is 10.9. The summed E-state index contributed by atoms with van der Waals surface area (Å²) in [5.41, 5.74) is 1.76. The Morgan fingerprint density at radius 1 is 1.53 bits per heavy atom. The van der Waals surface area contributed by atoms with Gasteiger partial charge in [0.1, 0.15) is 0 Å². The number of rotatable bonds is 4. The van der Waals surface area contributed by atoms with E-state index in [1.165, 1.54) is 12.8 Å². The third-order valence-corrected chi connectivity index (χ3v) is 4.09. The monoisotopic (exact) mass is 282 g/mol. The molecule has 0 N–H and O–H groups in total. The molecule has 0 spiro atoms. The minimum atomic E-state index is -0.370. The summed E-state index contributed by atoms with van der Waals surface area (Å²) < 4.78 is 0. The molecular formula is C14H19ClN2O2. The first kappa shape index (κ1) is 14.1. The van der Waals surface area contributed by atoms with E-state index in [0.717, 1.165) is 12.2 Å². The highest BCUT2D eigenvalue weighted by atomic mass is 35.5. The average molecular weight is 283 g/mol. The van der Waals surface area contributed by atoms with Crippen LogP contribution in [0.2, 0.25) is 0 Å². The second-order valence-corrected chi connectivity index (χ2v) is 5.62. The topological polar surface area (TPSA) is 46.4 Å². The predicted octanol–water partition coefficient (Wildman–Crippen LogP) is 3.96. The Hall–Kier alpha value is -1.29. The van der Waals surface area contributed by atoms with Gasteiger partial charge in [-0.2, -0.15) is 0 Å². The maximum absolute atomic E-state index is 10.9. The van der Waals surface area contributed by atoms with Crippen LogP contribution in [0.5, 0.6) is 0 Å². The minimum Gasteiger partial charge on any atom is -0.368 e. The van der Waals surface area contributed by atoms with E-state index < -0.39 is 0 Å². The number of hydrogen-bond acceptors (Lipinski definition) is 3. The van der Waals surface area contributed by atoms with Crippen molar-refractivity contribution >= 4 is 23.0 Å². The molecule has 1 aliphatic rings. The van der Waals surface area contributed by atoms with Crippen molar-refractivity contribution in [1.82, 2.24) is 0 Å². The van der Waals surface area contributed by atoms with Crippen LogP contribution in [0.4, 0.5) is 11.4 Å². The van der Waals surface area contributed by atoms with E-state index >= 15 is 0 Å². The average Bonchev–Trinajstić information content (AvgIpc) is 2.87. The lowest BCUT2D eigenvalue weighted by Gasteiger charge is -2.30. The van der Waals surface area contributed by atoms with Crippen molar-refractivity contribution in [3.05, 3.63) is 33.9 Å². The molecule has 0 bridgehead atoms. The number of anilines is 1. The van der Waals surface area contributed by atoms with Crippen LogP contribution in [-0.2, 0) is 5.88 Å². The van der Waals surface area contributed by atoms with Gasteiger partial charge in [0.2, 0.25) is 0 Å². The quantitative estimate of drug-likeness (QED) is 0.477. The smallest absolute Gasteiger partial charge is 0.273 e. The van der Waals surface area contributed by atoms with Crippen molar-refractivity contribution in [2.45, 2.75) is 38.6 Å². The third-order valence-electron chi connectivity index (χ3n) is 3.80. The molecule has 0 radical (unpaired) electrons. The van der Waals surface area contributed by atoms with Gasteiger partial charge in [0.25, 0.3) is 5.69 Å². The lowest BCUT2D eigenvalue weighted by molar-refractivity contribution is -0.385. The second kappa shape index (κ2) is 5.78. The molecule has 1 atom stereocenters. The van der Waals surface area contributed by atoms with Crippen molar-refractivity contribution in [3.63, 3.8) is 0 Å². The molecule has 0 amide bonds. The van der Waals surface area contributed by atoms with Crippen molar-refractivity contribution in [3.8, 4) is 0 Å². The van der Waals surface area contributed by atoms with Crippen LogP contribution in [0.3, 0.4) is 0 Å². The third kappa shape index (κ3) is 2.84. The van der Waals surface area contributed by atoms with E-state index in [1.54, 1.807) is 6.07 Å². The Kier molecular flexibility index (Phi) is 4.30. The van der Waals surface area contributed by atoms with Crippen LogP contribution in [0.1, 0.15) is 32.3 Å². The molecule has 1 aromatic rings. The molecule has 1 aliphatic heterocycles. The number of nitrogens with zero attached hydrogens (tertiary/aromatic N) is 2. The largest absolute Gasteiger partial charge is 0.368 e. The van der Waals surface area contributed by atoms with E-state index in [4.69, 9.17) is 11.6 Å². The van der Waals surface area contributed by atoms with Crippen molar-refractivity contribution in [1.29, 1.82) is 0 Å². The molecule has 1 unspecified atom stereocenters. The fourth-order valence-corrected chi connectivity index (χ4v) is 3.06. The molecule has 0 aliphatic carbocycles. The molecule has 0 saturated carbocycles. The number of halogens is 1. The van der Waals surface area contributed by atoms with Crippen molar-refractivity contribution in [2.75, 3.05) is 11.4 Å². The lowest BCUT2D eigenvalue weighted by Crippen LogP contribution is -2.33. The molecule has 4 nitrogen and oxygen atoms in total. The highest BCUT2D eigenvalue weighted by Crippen LogP contribution is 2.33. The Labute approximate surface area is 118 Å². The van der Waals surface area contributed by atoms with E-state index in [1.807, 2.05) is 12.1 Å². The maximum atomic E-state index is 10.9. The molecule has 19 heavy (non-hydrogen) atoms. The summed E-state index contributed by atoms with van der Waals surface area (Å²) in [7, 11) is 0. The molecule has 1 fully saturated rings. The fourth-order valence-electron chi connectivity index (χ4n) is 2.84. The SMILES string of the molecule is CC(C)C1CCCN1c1ccc([N+](=O)[O-])c(CCl)c1. The van der Waals surface area contributed by atoms with Gasteiger partial charge in [0.15, 0.2) is 0 Å². The van der Waals surface area contributed by atoms with E-state index in [2.05, 4.69) is 18.7 Å². The first-order chi connectivity index (χ1) is 9.04. The van der Waals surface area contributed by atoms with Crippen LogP contribution in [0, 0.1) is 16.0 Å². The Balaban J connectivity index is 2.33. The van der Waals surface area contributed by atoms with Crippen molar-refractivity contribution in [2.24, 2.45) is 5.92 Å². The van der Waals surface area contributed by atoms with E-state index in [0.29, 0.717) is 17.5 Å². The summed E-state index contributed by atoms with van der Waals surface area (Å²) >= 11 is 5.83. The first-order valence-electron chi connectivity index (χ1n) is 6.64. The van der Waals surface area contributed by atoms with Gasteiger partial charge in [-0.15, -0.1) is 11.6 Å². The van der Waals surface area contributed by atoms with Gasteiger partial charge in [0.05, 0.1) is 10.8 Å². The molecule has 0 aromatic heterocycles. The molecule has 5 heteroatoms. The normalized spacial score (nSPS) is 19.2. The van der Waals surface area contributed by atoms with E-state index in [9.17, 15) is 10.1 Å². The van der Waals surface area contributed by atoms with Gasteiger partial charge in [0, 0.05) is 29.9 Å². The Bertz CT molecular complexity index is 477. The molecule has 104 valence electrons. The van der Waals surface area contributed by atoms with Gasteiger partial charge in [-0.05, 0) is 30.9 Å². The van der Waals surface area contributed by atoms with Gasteiger partial charge in [-0.3, -0.25) is 10.1 Å². The number of benzene rings is 1. The maximum Gasteiger partial charge on any atom is 0.273 e. The van der Waals surface area contributed by atoms with Crippen LogP contribution in [-0.4, -0.2) is 17.5 Å². The number of alkyl halides is 1. The molecule has 2 rings (SSSR count). The zero-order valence-electron chi connectivity index (χ0n) is 11.3. The molecule has 1 heterocycles. The number of hydrogen-bond donors (Lipinski definition) is 0. The summed E-state index contributed by atoms with van der Waals surface area (Å²) in [5.74, 6) is 0.752. The van der Waals surface area contributed by atoms with Crippen LogP contribution in [0.15, 0.2) is 18.2 Å². The highest BCUT2D eigenvalue weighted by molar-refractivity contribution is 6.17. The summed E-state index contributed by atoms with van der Waals surface area (Å²) in [4.78, 5) is 12.9. The van der Waals surface area contributed by atoms with Crippen LogP contribution < -0.4 is 4.90 Å². The van der Waals surface area contributed by atoms with Crippen LogP contribution >= 0.6 is 11.6 Å². The second-order valence-electron chi connectivity index (χ2n) is 5.35. The van der Waals surface area contributed by atoms with Crippen molar-refractivity contribution < 1.29 is 4.92 Å². The predicted molar refractivity (Wildman–Crippen MR) is 77.9 cm³/mol. The zero-order valence-corrected chi connectivity index (χ0v) is 12.1. The zero-order chi connectivity index (χ0) is 14.0.